The van der Waals surface area contributed by atoms with Crippen LogP contribution in [0.1, 0.15) is 34.8 Å². The molecule has 3 rings (SSSR count). The van der Waals surface area contributed by atoms with Gasteiger partial charge in [0.2, 0.25) is 5.91 Å². The number of carbonyl (C=O) groups excluding carboxylic acids is 1. The first kappa shape index (κ1) is 20.6. The van der Waals surface area contributed by atoms with Crippen LogP contribution in [0.5, 0.6) is 0 Å². The molecule has 1 amide bonds. The first-order chi connectivity index (χ1) is 13.3. The van der Waals surface area contributed by atoms with Crippen LogP contribution in [0, 0.1) is 27.7 Å². The minimum atomic E-state index is -0.0547. The number of nitrogens with zero attached hydrogens (tertiary/aromatic N) is 4. The number of amides is 1. The van der Waals surface area contributed by atoms with Crippen LogP contribution in [0.4, 0.5) is 5.69 Å². The highest BCUT2D eigenvalue weighted by Crippen LogP contribution is 2.22. The summed E-state index contributed by atoms with van der Waals surface area (Å²) in [5.41, 5.74) is 5.54. The summed E-state index contributed by atoms with van der Waals surface area (Å²) in [5, 5.41) is 12.7. The van der Waals surface area contributed by atoms with Gasteiger partial charge in [-0.2, -0.15) is 10.2 Å². The SMILES string of the molecule is Cc1nn(CCC(=O)Nc2c(C)nn(Cc3ccc(Cl)cc3)c2C)c(C)c1Br. The number of anilines is 1. The highest BCUT2D eigenvalue weighted by molar-refractivity contribution is 9.10. The molecule has 1 N–H and O–H groups in total. The molecule has 2 heterocycles. The maximum absolute atomic E-state index is 12.5. The molecule has 8 heteroatoms. The minimum Gasteiger partial charge on any atom is -0.323 e. The highest BCUT2D eigenvalue weighted by Gasteiger charge is 2.15. The van der Waals surface area contributed by atoms with Crippen LogP contribution in [-0.2, 0) is 17.9 Å². The van der Waals surface area contributed by atoms with Crippen LogP contribution >= 0.6 is 27.5 Å². The van der Waals surface area contributed by atoms with Gasteiger partial charge in [-0.05, 0) is 61.3 Å². The Kier molecular flexibility index (Phi) is 6.25. The fourth-order valence-electron chi connectivity index (χ4n) is 3.10. The summed E-state index contributed by atoms with van der Waals surface area (Å²) in [6.07, 6.45) is 0.343. The van der Waals surface area contributed by atoms with Crippen molar-refractivity contribution in [3.8, 4) is 0 Å². The predicted octanol–water partition coefficient (Wildman–Crippen LogP) is 4.81. The molecule has 0 atom stereocenters. The molecule has 0 aliphatic rings. The summed E-state index contributed by atoms with van der Waals surface area (Å²) < 4.78 is 4.73. The Morgan fingerprint density at radius 1 is 1.04 bits per heavy atom. The number of nitrogens with one attached hydrogen (secondary N) is 1. The number of carbonyl (C=O) groups is 1. The number of halogens is 2. The number of hydrogen-bond donors (Lipinski definition) is 1. The van der Waals surface area contributed by atoms with Crippen molar-refractivity contribution in [2.75, 3.05) is 5.32 Å². The van der Waals surface area contributed by atoms with Crippen LogP contribution in [0.15, 0.2) is 28.7 Å². The van der Waals surface area contributed by atoms with E-state index in [-0.39, 0.29) is 5.91 Å². The smallest absolute Gasteiger partial charge is 0.226 e. The molecule has 0 radical (unpaired) electrons. The number of hydrogen-bond acceptors (Lipinski definition) is 3. The third-order valence-corrected chi connectivity index (χ3v) is 6.13. The largest absolute Gasteiger partial charge is 0.323 e. The van der Waals surface area contributed by atoms with Gasteiger partial charge in [-0.25, -0.2) is 0 Å². The van der Waals surface area contributed by atoms with E-state index in [1.807, 2.05) is 61.3 Å². The lowest BCUT2D eigenvalue weighted by Gasteiger charge is -2.08. The van der Waals surface area contributed by atoms with Crippen molar-refractivity contribution >= 4 is 39.1 Å². The quantitative estimate of drug-likeness (QED) is 0.569. The monoisotopic (exact) mass is 463 g/mol. The molecule has 28 heavy (non-hydrogen) atoms. The van der Waals surface area contributed by atoms with Gasteiger partial charge in [-0.15, -0.1) is 0 Å². The molecule has 3 aromatic rings. The van der Waals surface area contributed by atoms with Crippen molar-refractivity contribution < 1.29 is 4.79 Å². The van der Waals surface area contributed by atoms with Gasteiger partial charge >= 0.3 is 0 Å². The second-order valence-corrected chi connectivity index (χ2v) is 8.07. The fraction of sp³-hybridized carbons (Fsp3) is 0.350. The van der Waals surface area contributed by atoms with Crippen molar-refractivity contribution in [1.29, 1.82) is 0 Å². The van der Waals surface area contributed by atoms with Gasteiger partial charge in [-0.1, -0.05) is 23.7 Å². The molecule has 0 saturated heterocycles. The Morgan fingerprint density at radius 3 is 2.29 bits per heavy atom. The number of rotatable bonds is 6. The molecule has 148 valence electrons. The van der Waals surface area contributed by atoms with Gasteiger partial charge in [0.15, 0.2) is 0 Å². The third-order valence-electron chi connectivity index (χ3n) is 4.74. The van der Waals surface area contributed by atoms with E-state index in [2.05, 4.69) is 31.4 Å². The molecule has 0 fully saturated rings. The van der Waals surface area contributed by atoms with Gasteiger partial charge in [0, 0.05) is 17.1 Å². The van der Waals surface area contributed by atoms with Crippen molar-refractivity contribution in [2.24, 2.45) is 0 Å². The first-order valence-corrected chi connectivity index (χ1v) is 10.2. The molecule has 2 aromatic heterocycles. The van der Waals surface area contributed by atoms with E-state index in [0.717, 1.165) is 38.5 Å². The summed E-state index contributed by atoms with van der Waals surface area (Å²) in [7, 11) is 0. The maximum Gasteiger partial charge on any atom is 0.226 e. The summed E-state index contributed by atoms with van der Waals surface area (Å²) in [6.45, 7) is 8.94. The molecule has 0 unspecified atom stereocenters. The molecule has 1 aromatic carbocycles. The normalized spacial score (nSPS) is 11.1. The Labute approximate surface area is 178 Å². The van der Waals surface area contributed by atoms with E-state index < -0.39 is 0 Å². The zero-order valence-corrected chi connectivity index (χ0v) is 18.7. The van der Waals surface area contributed by atoms with Crippen LogP contribution in [0.3, 0.4) is 0 Å². The van der Waals surface area contributed by atoms with Gasteiger partial charge < -0.3 is 5.32 Å². The molecule has 0 aliphatic heterocycles. The molecular formula is C20H23BrClN5O. The highest BCUT2D eigenvalue weighted by atomic mass is 79.9. The molecule has 0 spiro atoms. The van der Waals surface area contributed by atoms with Gasteiger partial charge in [0.05, 0.1) is 40.3 Å². The van der Waals surface area contributed by atoms with Crippen molar-refractivity contribution in [3.63, 3.8) is 0 Å². The van der Waals surface area contributed by atoms with E-state index in [9.17, 15) is 4.79 Å². The topological polar surface area (TPSA) is 64.7 Å². The van der Waals surface area contributed by atoms with Crippen molar-refractivity contribution in [2.45, 2.75) is 47.2 Å². The van der Waals surface area contributed by atoms with Gasteiger partial charge in [0.25, 0.3) is 0 Å². The van der Waals surface area contributed by atoms with Crippen molar-refractivity contribution in [3.05, 3.63) is 62.1 Å². The van der Waals surface area contributed by atoms with Crippen LogP contribution in [-0.4, -0.2) is 25.5 Å². The number of aryl methyl sites for hydroxylation is 3. The van der Waals surface area contributed by atoms with E-state index in [0.29, 0.717) is 24.5 Å². The Hall–Kier alpha value is -2.12. The maximum atomic E-state index is 12.5. The second kappa shape index (κ2) is 8.49. The Balaban J connectivity index is 1.66. The Bertz CT molecular complexity index is 1010. The summed E-state index contributed by atoms with van der Waals surface area (Å²) in [4.78, 5) is 12.5. The molecule has 0 bridgehead atoms. The first-order valence-electron chi connectivity index (χ1n) is 9.04. The zero-order valence-electron chi connectivity index (χ0n) is 16.4. The summed E-state index contributed by atoms with van der Waals surface area (Å²) in [5.74, 6) is -0.0547. The lowest BCUT2D eigenvalue weighted by Crippen LogP contribution is -2.16. The minimum absolute atomic E-state index is 0.0547. The van der Waals surface area contributed by atoms with Crippen molar-refractivity contribution in [1.82, 2.24) is 19.6 Å². The van der Waals surface area contributed by atoms with Crippen LogP contribution < -0.4 is 5.32 Å². The van der Waals surface area contributed by atoms with E-state index in [1.54, 1.807) is 0 Å². The predicted molar refractivity (Wildman–Crippen MR) is 115 cm³/mol. The second-order valence-electron chi connectivity index (χ2n) is 6.84. The number of aromatic nitrogens is 4. The van der Waals surface area contributed by atoms with Crippen LogP contribution in [0.2, 0.25) is 5.02 Å². The van der Waals surface area contributed by atoms with Gasteiger partial charge in [-0.3, -0.25) is 14.2 Å². The van der Waals surface area contributed by atoms with Crippen LogP contribution in [0.25, 0.3) is 0 Å². The third kappa shape index (κ3) is 4.47. The van der Waals surface area contributed by atoms with Gasteiger partial charge in [0.1, 0.15) is 0 Å². The molecule has 6 nitrogen and oxygen atoms in total. The van der Waals surface area contributed by atoms with E-state index in [4.69, 9.17) is 11.6 Å². The summed E-state index contributed by atoms with van der Waals surface area (Å²) >= 11 is 9.46. The van der Waals surface area contributed by atoms with E-state index >= 15 is 0 Å². The molecular weight excluding hydrogens is 442 g/mol. The average Bonchev–Trinajstić information content (AvgIpc) is 3.06. The van der Waals surface area contributed by atoms with E-state index in [1.165, 1.54) is 0 Å². The summed E-state index contributed by atoms with van der Waals surface area (Å²) in [6, 6.07) is 7.68. The zero-order chi connectivity index (χ0) is 20.4. The molecule has 0 aliphatic carbocycles. The fourth-order valence-corrected chi connectivity index (χ4v) is 3.51. The lowest BCUT2D eigenvalue weighted by molar-refractivity contribution is -0.116. The average molecular weight is 465 g/mol. The standard InChI is InChI=1S/C20H23BrClN5O/c1-12-19(21)14(3)26(24-12)10-9-18(28)23-20-13(2)25-27(15(20)4)11-16-5-7-17(22)8-6-16/h5-8H,9-11H2,1-4H3,(H,23,28). The molecule has 0 saturated carbocycles. The lowest BCUT2D eigenvalue weighted by atomic mass is 10.2. The Morgan fingerprint density at radius 2 is 1.68 bits per heavy atom. The number of benzene rings is 1.